The Morgan fingerprint density at radius 2 is 1.84 bits per heavy atom. The molecule has 1 aliphatic rings. The second kappa shape index (κ2) is 4.73. The number of sulfonamides is 1. The van der Waals surface area contributed by atoms with Crippen molar-refractivity contribution in [1.82, 2.24) is 4.72 Å². The van der Waals surface area contributed by atoms with Crippen molar-refractivity contribution < 1.29 is 16.8 Å². The van der Waals surface area contributed by atoms with Crippen LogP contribution < -0.4 is 4.72 Å². The molecule has 1 N–H and O–H groups in total. The smallest absolute Gasteiger partial charge is 0.229 e. The van der Waals surface area contributed by atoms with E-state index in [9.17, 15) is 16.8 Å². The lowest BCUT2D eigenvalue weighted by Gasteiger charge is -2.23. The molecule has 0 aromatic heterocycles. The number of rotatable bonds is 3. The van der Waals surface area contributed by atoms with Gasteiger partial charge >= 0.3 is 0 Å². The third-order valence-corrected chi connectivity index (χ3v) is 6.82. The van der Waals surface area contributed by atoms with Crippen LogP contribution in [0.4, 0.5) is 0 Å². The highest BCUT2D eigenvalue weighted by molar-refractivity contribution is 7.92. The van der Waals surface area contributed by atoms with Crippen LogP contribution in [0.25, 0.3) is 0 Å². The van der Waals surface area contributed by atoms with Crippen LogP contribution >= 0.6 is 11.6 Å². The molecule has 1 aliphatic heterocycles. The summed E-state index contributed by atoms with van der Waals surface area (Å²) in [5.41, 5.74) is -0.947. The lowest BCUT2D eigenvalue weighted by Crippen LogP contribution is -2.46. The van der Waals surface area contributed by atoms with Crippen molar-refractivity contribution in [2.45, 2.75) is 23.8 Å². The molecule has 1 fully saturated rings. The third kappa shape index (κ3) is 3.47. The van der Waals surface area contributed by atoms with Crippen LogP contribution in [0.5, 0.6) is 0 Å². The van der Waals surface area contributed by atoms with Gasteiger partial charge in [-0.05, 0) is 37.6 Å². The van der Waals surface area contributed by atoms with E-state index in [1.165, 1.54) is 24.3 Å². The number of sulfone groups is 1. The maximum atomic E-state index is 12.2. The normalized spacial score (nSPS) is 26.4. The molecular formula is C11H14ClNO4S2. The van der Waals surface area contributed by atoms with Gasteiger partial charge in [-0.25, -0.2) is 21.6 Å². The average molecular weight is 324 g/mol. The van der Waals surface area contributed by atoms with Crippen LogP contribution in [-0.4, -0.2) is 33.9 Å². The van der Waals surface area contributed by atoms with Gasteiger partial charge in [-0.3, -0.25) is 0 Å². The molecule has 0 unspecified atom stereocenters. The molecule has 19 heavy (non-hydrogen) atoms. The van der Waals surface area contributed by atoms with Crippen LogP contribution in [0.2, 0.25) is 5.02 Å². The predicted molar refractivity (Wildman–Crippen MR) is 73.4 cm³/mol. The summed E-state index contributed by atoms with van der Waals surface area (Å²) in [6, 6.07) is 5.72. The SMILES string of the molecule is C[C@]1(NS(=O)(=O)c2ccc(Cl)cc2)CCS(=O)(=O)C1. The molecule has 0 amide bonds. The van der Waals surface area contributed by atoms with Crippen molar-refractivity contribution in [2.75, 3.05) is 11.5 Å². The van der Waals surface area contributed by atoms with Crippen molar-refractivity contribution in [1.29, 1.82) is 0 Å². The molecule has 0 radical (unpaired) electrons. The first-order chi connectivity index (χ1) is 8.62. The quantitative estimate of drug-likeness (QED) is 0.906. The highest BCUT2D eigenvalue weighted by atomic mass is 35.5. The first-order valence-corrected chi connectivity index (χ1v) is 9.30. The molecule has 0 saturated carbocycles. The van der Waals surface area contributed by atoms with E-state index >= 15 is 0 Å². The Morgan fingerprint density at radius 1 is 1.26 bits per heavy atom. The van der Waals surface area contributed by atoms with Crippen LogP contribution in [0, 0.1) is 0 Å². The summed E-state index contributed by atoms with van der Waals surface area (Å²) in [5.74, 6) is -0.167. The molecule has 106 valence electrons. The summed E-state index contributed by atoms with van der Waals surface area (Å²) >= 11 is 5.70. The monoisotopic (exact) mass is 323 g/mol. The Bertz CT molecular complexity index is 682. The Kier molecular flexibility index (Phi) is 3.68. The third-order valence-electron chi connectivity index (χ3n) is 3.01. The number of benzene rings is 1. The zero-order valence-corrected chi connectivity index (χ0v) is 12.6. The zero-order valence-electron chi connectivity index (χ0n) is 10.3. The molecule has 8 heteroatoms. The average Bonchev–Trinajstić information content (AvgIpc) is 2.52. The van der Waals surface area contributed by atoms with Gasteiger partial charge in [0, 0.05) is 10.6 Å². The summed E-state index contributed by atoms with van der Waals surface area (Å²) in [6.07, 6.45) is 0.280. The van der Waals surface area contributed by atoms with E-state index in [4.69, 9.17) is 11.6 Å². The molecule has 5 nitrogen and oxygen atoms in total. The second-order valence-corrected chi connectivity index (χ2v) is 9.27. The summed E-state index contributed by atoms with van der Waals surface area (Å²) in [6.45, 7) is 1.60. The fourth-order valence-electron chi connectivity index (χ4n) is 2.09. The topological polar surface area (TPSA) is 80.3 Å². The van der Waals surface area contributed by atoms with Gasteiger partial charge in [-0.2, -0.15) is 0 Å². The molecule has 2 rings (SSSR count). The number of nitrogens with one attached hydrogen (secondary N) is 1. The summed E-state index contributed by atoms with van der Waals surface area (Å²) in [4.78, 5) is 0.0717. The minimum Gasteiger partial charge on any atom is -0.229 e. The maximum absolute atomic E-state index is 12.2. The fraction of sp³-hybridized carbons (Fsp3) is 0.455. The highest BCUT2D eigenvalue weighted by Gasteiger charge is 2.41. The van der Waals surface area contributed by atoms with E-state index in [0.29, 0.717) is 5.02 Å². The Balaban J connectivity index is 2.25. The number of hydrogen-bond donors (Lipinski definition) is 1. The zero-order chi connectivity index (χ0) is 14.3. The minimum absolute atomic E-state index is 0.00659. The molecule has 1 aromatic carbocycles. The van der Waals surface area contributed by atoms with E-state index in [1.54, 1.807) is 6.92 Å². The van der Waals surface area contributed by atoms with Crippen LogP contribution in [-0.2, 0) is 19.9 Å². The first kappa shape index (κ1) is 14.8. The molecule has 1 atom stereocenters. The van der Waals surface area contributed by atoms with Gasteiger partial charge < -0.3 is 0 Å². The van der Waals surface area contributed by atoms with Crippen molar-refractivity contribution in [2.24, 2.45) is 0 Å². The van der Waals surface area contributed by atoms with Gasteiger partial charge in [0.05, 0.1) is 16.4 Å². The van der Waals surface area contributed by atoms with Crippen molar-refractivity contribution >= 4 is 31.5 Å². The van der Waals surface area contributed by atoms with E-state index in [0.717, 1.165) is 0 Å². The summed E-state index contributed by atoms with van der Waals surface area (Å²) in [7, 11) is -6.91. The van der Waals surface area contributed by atoms with Crippen molar-refractivity contribution in [3.05, 3.63) is 29.3 Å². The number of halogens is 1. The van der Waals surface area contributed by atoms with Gasteiger partial charge in [0.25, 0.3) is 0 Å². The molecular weight excluding hydrogens is 310 g/mol. The Morgan fingerprint density at radius 3 is 2.32 bits per heavy atom. The summed E-state index contributed by atoms with van der Waals surface area (Å²) < 4.78 is 49.7. The van der Waals surface area contributed by atoms with Gasteiger partial charge in [-0.1, -0.05) is 11.6 Å². The molecule has 1 heterocycles. The van der Waals surface area contributed by atoms with Gasteiger partial charge in [0.15, 0.2) is 9.84 Å². The van der Waals surface area contributed by atoms with Crippen LogP contribution in [0.3, 0.4) is 0 Å². The minimum atomic E-state index is -3.74. The molecule has 0 bridgehead atoms. The largest absolute Gasteiger partial charge is 0.241 e. The lowest BCUT2D eigenvalue weighted by atomic mass is 10.0. The van der Waals surface area contributed by atoms with E-state index in [-0.39, 0.29) is 22.8 Å². The standard InChI is InChI=1S/C11H14ClNO4S2/c1-11(6-7-18(14,15)8-11)13-19(16,17)10-4-2-9(12)3-5-10/h2-5,13H,6-8H2,1H3/t11-/m0/s1. The van der Waals surface area contributed by atoms with Gasteiger partial charge in [0.2, 0.25) is 10.0 Å². The van der Waals surface area contributed by atoms with E-state index < -0.39 is 25.4 Å². The van der Waals surface area contributed by atoms with Crippen molar-refractivity contribution in [3.63, 3.8) is 0 Å². The molecule has 0 aliphatic carbocycles. The Labute approximate surface area is 117 Å². The maximum Gasteiger partial charge on any atom is 0.241 e. The number of hydrogen-bond acceptors (Lipinski definition) is 4. The van der Waals surface area contributed by atoms with Crippen molar-refractivity contribution in [3.8, 4) is 0 Å². The summed E-state index contributed by atoms with van der Waals surface area (Å²) in [5, 5.41) is 0.439. The second-order valence-electron chi connectivity index (χ2n) is 4.96. The lowest BCUT2D eigenvalue weighted by molar-refractivity contribution is 0.462. The molecule has 0 spiro atoms. The van der Waals surface area contributed by atoms with Gasteiger partial charge in [0.1, 0.15) is 0 Å². The van der Waals surface area contributed by atoms with E-state index in [2.05, 4.69) is 4.72 Å². The first-order valence-electron chi connectivity index (χ1n) is 5.62. The Hall–Kier alpha value is -0.630. The van der Waals surface area contributed by atoms with Crippen LogP contribution in [0.15, 0.2) is 29.2 Å². The molecule has 1 saturated heterocycles. The predicted octanol–water partition coefficient (Wildman–Crippen LogP) is 1.20. The van der Waals surface area contributed by atoms with E-state index in [1.807, 2.05) is 0 Å². The molecule has 1 aromatic rings. The highest BCUT2D eigenvalue weighted by Crippen LogP contribution is 2.25. The fourth-order valence-corrected chi connectivity index (χ4v) is 5.83. The van der Waals surface area contributed by atoms with Crippen LogP contribution in [0.1, 0.15) is 13.3 Å². The van der Waals surface area contributed by atoms with Gasteiger partial charge in [-0.15, -0.1) is 0 Å².